The number of carbonyl (C=O) groups is 1. The number of hydrogen-bond acceptors (Lipinski definition) is 1. The summed E-state index contributed by atoms with van der Waals surface area (Å²) in [5.41, 5.74) is 2.97. The summed E-state index contributed by atoms with van der Waals surface area (Å²) in [4.78, 5) is 10.9. The Labute approximate surface area is 65.2 Å². The van der Waals surface area contributed by atoms with Crippen LogP contribution in [0, 0.1) is 13.0 Å². The molecule has 2 heteroatoms. The van der Waals surface area contributed by atoms with Crippen LogP contribution in [-0.4, -0.2) is 5.91 Å². The molecule has 11 heavy (non-hydrogen) atoms. The Kier molecular flexibility index (Phi) is 1.22. The van der Waals surface area contributed by atoms with E-state index in [1.807, 2.05) is 19.1 Å². The molecule has 1 amide bonds. The first-order valence-corrected chi connectivity index (χ1v) is 3.57. The first-order valence-electron chi connectivity index (χ1n) is 3.57. The summed E-state index contributed by atoms with van der Waals surface area (Å²) in [5.74, 6) is 0.0712. The third-order valence-corrected chi connectivity index (χ3v) is 1.79. The Balaban J connectivity index is 2.51. The lowest BCUT2D eigenvalue weighted by Crippen LogP contribution is -2.03. The molecule has 0 unspecified atom stereocenters. The van der Waals surface area contributed by atoms with E-state index in [-0.39, 0.29) is 5.91 Å². The van der Waals surface area contributed by atoms with Crippen molar-refractivity contribution in [3.8, 4) is 0 Å². The number of fused-ring (bicyclic) bond motifs is 1. The van der Waals surface area contributed by atoms with Gasteiger partial charge in [-0.05, 0) is 18.1 Å². The number of rotatable bonds is 0. The highest BCUT2D eigenvalue weighted by atomic mass is 16.1. The molecule has 0 saturated carbocycles. The Morgan fingerprint density at radius 3 is 3.18 bits per heavy atom. The molecule has 0 spiro atoms. The fourth-order valence-corrected chi connectivity index (χ4v) is 1.24. The molecule has 0 saturated heterocycles. The molecule has 1 heterocycles. The van der Waals surface area contributed by atoms with Crippen LogP contribution in [0.2, 0.25) is 0 Å². The summed E-state index contributed by atoms with van der Waals surface area (Å²) in [6.45, 7) is 1.96. The molecule has 0 atom stereocenters. The van der Waals surface area contributed by atoms with Crippen LogP contribution in [-0.2, 0) is 11.2 Å². The maximum absolute atomic E-state index is 10.9. The zero-order chi connectivity index (χ0) is 7.84. The molecule has 0 fully saturated rings. The third kappa shape index (κ3) is 1.00. The van der Waals surface area contributed by atoms with Gasteiger partial charge in [0.25, 0.3) is 0 Å². The molecule has 55 valence electrons. The largest absolute Gasteiger partial charge is 0.325 e. The quantitative estimate of drug-likeness (QED) is 0.587. The van der Waals surface area contributed by atoms with Gasteiger partial charge in [-0.25, -0.2) is 0 Å². The van der Waals surface area contributed by atoms with Crippen LogP contribution in [0.5, 0.6) is 0 Å². The smallest absolute Gasteiger partial charge is 0.228 e. The average molecular weight is 146 g/mol. The lowest BCUT2D eigenvalue weighted by Gasteiger charge is -1.96. The van der Waals surface area contributed by atoms with Gasteiger partial charge in [-0.15, -0.1) is 0 Å². The minimum Gasteiger partial charge on any atom is -0.325 e. The minimum absolute atomic E-state index is 0.0712. The first-order chi connectivity index (χ1) is 5.25. The van der Waals surface area contributed by atoms with Crippen molar-refractivity contribution in [2.24, 2.45) is 0 Å². The Morgan fingerprint density at radius 1 is 1.55 bits per heavy atom. The van der Waals surface area contributed by atoms with E-state index in [0.717, 1.165) is 16.8 Å². The van der Waals surface area contributed by atoms with Gasteiger partial charge >= 0.3 is 0 Å². The van der Waals surface area contributed by atoms with E-state index in [1.54, 1.807) is 0 Å². The van der Waals surface area contributed by atoms with Crippen molar-refractivity contribution in [1.82, 2.24) is 0 Å². The van der Waals surface area contributed by atoms with Crippen molar-refractivity contribution in [1.29, 1.82) is 0 Å². The van der Waals surface area contributed by atoms with E-state index in [2.05, 4.69) is 11.4 Å². The fraction of sp³-hybridized carbons (Fsp3) is 0.222. The normalized spacial score (nSPS) is 14.5. The van der Waals surface area contributed by atoms with E-state index in [9.17, 15) is 4.79 Å². The second-order valence-electron chi connectivity index (χ2n) is 2.77. The van der Waals surface area contributed by atoms with E-state index < -0.39 is 0 Å². The molecule has 2 rings (SSSR count). The fourth-order valence-electron chi connectivity index (χ4n) is 1.24. The molecule has 1 aliphatic heterocycles. The predicted octanol–water partition coefficient (Wildman–Crippen LogP) is 1.29. The molecule has 1 radical (unpaired) electrons. The standard InChI is InChI=1S/C9H8NO/c1-6-2-3-7-5-9(11)10-8(7)4-6/h2-3H,5H2,1H3,(H,10,11). The van der Waals surface area contributed by atoms with Crippen LogP contribution in [0.4, 0.5) is 5.69 Å². The Morgan fingerprint density at radius 2 is 2.36 bits per heavy atom. The van der Waals surface area contributed by atoms with Crippen molar-refractivity contribution in [3.63, 3.8) is 0 Å². The Bertz CT molecular complexity index is 317. The number of aryl methyl sites for hydroxylation is 1. The van der Waals surface area contributed by atoms with Gasteiger partial charge in [0.05, 0.1) is 12.1 Å². The van der Waals surface area contributed by atoms with Gasteiger partial charge in [-0.1, -0.05) is 12.1 Å². The van der Waals surface area contributed by atoms with Gasteiger partial charge < -0.3 is 5.32 Å². The van der Waals surface area contributed by atoms with Crippen LogP contribution in [0.15, 0.2) is 12.1 Å². The van der Waals surface area contributed by atoms with Gasteiger partial charge in [0, 0.05) is 6.07 Å². The number of anilines is 1. The zero-order valence-electron chi connectivity index (χ0n) is 6.27. The summed E-state index contributed by atoms with van der Waals surface area (Å²) in [6.07, 6.45) is 0.506. The number of nitrogens with one attached hydrogen (secondary N) is 1. The third-order valence-electron chi connectivity index (χ3n) is 1.79. The van der Waals surface area contributed by atoms with Gasteiger partial charge in [-0.2, -0.15) is 0 Å². The van der Waals surface area contributed by atoms with E-state index in [4.69, 9.17) is 0 Å². The molecule has 0 aromatic heterocycles. The maximum atomic E-state index is 10.9. The number of amides is 1. The molecule has 1 aromatic rings. The van der Waals surface area contributed by atoms with Crippen molar-refractivity contribution >= 4 is 11.6 Å². The summed E-state index contributed by atoms with van der Waals surface area (Å²) in [6, 6.07) is 7.03. The minimum atomic E-state index is 0.0712. The second-order valence-corrected chi connectivity index (χ2v) is 2.77. The number of hydrogen-bond donors (Lipinski definition) is 1. The molecule has 1 N–H and O–H groups in total. The van der Waals surface area contributed by atoms with E-state index in [0.29, 0.717) is 6.42 Å². The highest BCUT2D eigenvalue weighted by Gasteiger charge is 2.16. The molecule has 0 bridgehead atoms. The Hall–Kier alpha value is -1.31. The highest BCUT2D eigenvalue weighted by Crippen LogP contribution is 2.22. The summed E-state index contributed by atoms with van der Waals surface area (Å²) >= 11 is 0. The molecule has 1 aliphatic rings. The van der Waals surface area contributed by atoms with Gasteiger partial charge in [0.1, 0.15) is 0 Å². The van der Waals surface area contributed by atoms with Crippen LogP contribution in [0.25, 0.3) is 0 Å². The first kappa shape index (κ1) is 6.40. The van der Waals surface area contributed by atoms with Gasteiger partial charge in [0.2, 0.25) is 5.91 Å². The monoisotopic (exact) mass is 146 g/mol. The number of carbonyl (C=O) groups excluding carboxylic acids is 1. The predicted molar refractivity (Wildman–Crippen MR) is 42.3 cm³/mol. The summed E-state index contributed by atoms with van der Waals surface area (Å²) in [7, 11) is 0. The molecular weight excluding hydrogens is 138 g/mol. The van der Waals surface area contributed by atoms with Crippen molar-refractivity contribution in [2.75, 3.05) is 5.32 Å². The van der Waals surface area contributed by atoms with Crippen molar-refractivity contribution < 1.29 is 4.79 Å². The van der Waals surface area contributed by atoms with Crippen LogP contribution < -0.4 is 5.32 Å². The molecular formula is C9H8NO. The zero-order valence-corrected chi connectivity index (χ0v) is 6.27. The van der Waals surface area contributed by atoms with Crippen LogP contribution in [0.1, 0.15) is 11.1 Å². The lowest BCUT2D eigenvalue weighted by molar-refractivity contribution is -0.115. The van der Waals surface area contributed by atoms with Crippen molar-refractivity contribution in [2.45, 2.75) is 13.3 Å². The molecule has 1 aromatic carbocycles. The average Bonchev–Trinajstić information content (AvgIpc) is 2.27. The van der Waals surface area contributed by atoms with Crippen LogP contribution in [0.3, 0.4) is 0 Å². The van der Waals surface area contributed by atoms with Gasteiger partial charge in [0.15, 0.2) is 0 Å². The maximum Gasteiger partial charge on any atom is 0.228 e. The van der Waals surface area contributed by atoms with E-state index >= 15 is 0 Å². The highest BCUT2D eigenvalue weighted by molar-refractivity contribution is 5.98. The van der Waals surface area contributed by atoms with Crippen LogP contribution >= 0.6 is 0 Å². The molecule has 2 nitrogen and oxygen atoms in total. The molecule has 0 aliphatic carbocycles. The second kappa shape index (κ2) is 2.09. The van der Waals surface area contributed by atoms with E-state index in [1.165, 1.54) is 0 Å². The SMILES string of the molecule is Cc1[c]c2c(cc1)CC(=O)N2. The number of benzene rings is 1. The van der Waals surface area contributed by atoms with Gasteiger partial charge in [-0.3, -0.25) is 4.79 Å². The summed E-state index contributed by atoms with van der Waals surface area (Å²) in [5, 5.41) is 2.74. The summed E-state index contributed by atoms with van der Waals surface area (Å²) < 4.78 is 0. The lowest BCUT2D eigenvalue weighted by atomic mass is 10.1. The topological polar surface area (TPSA) is 29.1 Å². The van der Waals surface area contributed by atoms with Crippen molar-refractivity contribution in [3.05, 3.63) is 29.3 Å².